The number of benzene rings is 2. The third-order valence-electron chi connectivity index (χ3n) is 3.66. The van der Waals surface area contributed by atoms with Gasteiger partial charge in [0.25, 0.3) is 0 Å². The van der Waals surface area contributed by atoms with E-state index in [1.54, 1.807) is 6.07 Å². The summed E-state index contributed by atoms with van der Waals surface area (Å²) < 4.78 is 41.2. The summed E-state index contributed by atoms with van der Waals surface area (Å²) in [5, 5.41) is 2.68. The van der Waals surface area contributed by atoms with E-state index in [4.69, 9.17) is 5.73 Å². The van der Waals surface area contributed by atoms with Crippen LogP contribution in [0.2, 0.25) is 0 Å². The van der Waals surface area contributed by atoms with Crippen LogP contribution >= 0.6 is 0 Å². The molecule has 3 rings (SSSR count). The minimum atomic E-state index is -4.77. The summed E-state index contributed by atoms with van der Waals surface area (Å²) in [6, 6.07) is 15.6. The number of nitrogens with one attached hydrogen (secondary N) is 1. The highest BCUT2D eigenvalue weighted by atomic mass is 19.4. The molecule has 0 amide bonds. The molecule has 0 radical (unpaired) electrons. The number of rotatable bonds is 4. The van der Waals surface area contributed by atoms with Gasteiger partial charge in [0.2, 0.25) is 0 Å². The lowest BCUT2D eigenvalue weighted by molar-refractivity contribution is -0.274. The molecule has 1 aliphatic rings. The molecule has 0 bridgehead atoms. The number of halogens is 3. The van der Waals surface area contributed by atoms with E-state index in [0.29, 0.717) is 5.92 Å². The highest BCUT2D eigenvalue weighted by Gasteiger charge is 2.38. The van der Waals surface area contributed by atoms with Crippen molar-refractivity contribution >= 4 is 11.6 Å². The van der Waals surface area contributed by atoms with Crippen molar-refractivity contribution in [3.05, 3.63) is 60.2 Å². The second-order valence-electron chi connectivity index (χ2n) is 5.50. The monoisotopic (exact) mass is 335 g/mol. The summed E-state index contributed by atoms with van der Waals surface area (Å²) in [6.07, 6.45) is -3.90. The Morgan fingerprint density at radius 2 is 1.75 bits per heavy atom. The molecule has 0 aliphatic heterocycles. The topological polar surface area (TPSA) is 59.6 Å². The van der Waals surface area contributed by atoms with Gasteiger partial charge < -0.3 is 15.8 Å². The van der Waals surface area contributed by atoms with E-state index in [1.165, 1.54) is 23.8 Å². The number of para-hydroxylation sites is 2. The zero-order valence-electron chi connectivity index (χ0n) is 12.6. The molecular formula is C17H16F3N3O. The molecule has 4 nitrogen and oxygen atoms in total. The Bertz CT molecular complexity index is 731. The summed E-state index contributed by atoms with van der Waals surface area (Å²) in [7, 11) is 0. The quantitative estimate of drug-likeness (QED) is 0.659. The predicted molar refractivity (Wildman–Crippen MR) is 86.0 cm³/mol. The highest BCUT2D eigenvalue weighted by molar-refractivity contribution is 5.94. The zero-order chi connectivity index (χ0) is 17.2. The summed E-state index contributed by atoms with van der Waals surface area (Å²) in [6.45, 7) is 0. The van der Waals surface area contributed by atoms with Gasteiger partial charge in [-0.05, 0) is 24.1 Å². The van der Waals surface area contributed by atoms with Crippen LogP contribution in [0.15, 0.2) is 59.6 Å². The second kappa shape index (κ2) is 6.43. The number of hydrogen-bond donors (Lipinski definition) is 2. The third kappa shape index (κ3) is 4.18. The highest BCUT2D eigenvalue weighted by Crippen LogP contribution is 2.43. The molecule has 2 unspecified atom stereocenters. The zero-order valence-corrected chi connectivity index (χ0v) is 12.6. The molecule has 3 N–H and O–H groups in total. The molecule has 0 aromatic heterocycles. The predicted octanol–water partition coefficient (Wildman–Crippen LogP) is 3.87. The molecule has 1 aliphatic carbocycles. The van der Waals surface area contributed by atoms with E-state index in [0.717, 1.165) is 6.42 Å². The van der Waals surface area contributed by atoms with Crippen molar-refractivity contribution in [3.8, 4) is 5.75 Å². The Labute approximate surface area is 137 Å². The van der Waals surface area contributed by atoms with Crippen LogP contribution in [0.3, 0.4) is 0 Å². The first-order valence-electron chi connectivity index (χ1n) is 7.42. The van der Waals surface area contributed by atoms with Crippen LogP contribution < -0.4 is 15.8 Å². The maximum Gasteiger partial charge on any atom is 0.573 e. The fraction of sp³-hybridized carbons (Fsp3) is 0.235. The lowest BCUT2D eigenvalue weighted by Crippen LogP contribution is -2.25. The van der Waals surface area contributed by atoms with Crippen molar-refractivity contribution in [2.45, 2.75) is 24.7 Å². The van der Waals surface area contributed by atoms with Gasteiger partial charge in [0.1, 0.15) is 0 Å². The molecule has 0 spiro atoms. The summed E-state index contributed by atoms with van der Waals surface area (Å²) >= 11 is 0. The maximum absolute atomic E-state index is 12.4. The van der Waals surface area contributed by atoms with Gasteiger partial charge in [-0.1, -0.05) is 42.5 Å². The molecular weight excluding hydrogens is 319 g/mol. The van der Waals surface area contributed by atoms with Gasteiger partial charge in [-0.2, -0.15) is 0 Å². The molecule has 2 atom stereocenters. The average Bonchev–Trinajstić information content (AvgIpc) is 3.28. The molecule has 24 heavy (non-hydrogen) atoms. The van der Waals surface area contributed by atoms with Crippen molar-refractivity contribution in [1.29, 1.82) is 0 Å². The van der Waals surface area contributed by atoms with Gasteiger partial charge >= 0.3 is 6.36 Å². The molecule has 1 fully saturated rings. The van der Waals surface area contributed by atoms with E-state index < -0.39 is 6.36 Å². The lowest BCUT2D eigenvalue weighted by Gasteiger charge is -2.14. The molecule has 126 valence electrons. The Balaban J connectivity index is 1.67. The Morgan fingerprint density at radius 1 is 1.08 bits per heavy atom. The average molecular weight is 335 g/mol. The smallest absolute Gasteiger partial charge is 0.404 e. The van der Waals surface area contributed by atoms with Crippen molar-refractivity contribution in [1.82, 2.24) is 0 Å². The molecule has 2 aromatic rings. The van der Waals surface area contributed by atoms with Gasteiger partial charge in [-0.15, -0.1) is 13.2 Å². The Kier molecular flexibility index (Phi) is 4.33. The van der Waals surface area contributed by atoms with Crippen molar-refractivity contribution in [2.24, 2.45) is 10.7 Å². The third-order valence-corrected chi connectivity index (χ3v) is 3.66. The molecule has 0 heterocycles. The number of ether oxygens (including phenoxy) is 1. The SMILES string of the molecule is NC(=NC1CC1c1ccccc1)Nc1ccccc1OC(F)(F)F. The number of guanidine groups is 1. The van der Waals surface area contributed by atoms with Crippen LogP contribution in [0.25, 0.3) is 0 Å². The van der Waals surface area contributed by atoms with Gasteiger partial charge in [-0.3, -0.25) is 0 Å². The summed E-state index contributed by atoms with van der Waals surface area (Å²) in [5.74, 6) is 0.0171. The number of anilines is 1. The first kappa shape index (κ1) is 16.2. The lowest BCUT2D eigenvalue weighted by atomic mass is 10.1. The van der Waals surface area contributed by atoms with Crippen LogP contribution in [0.4, 0.5) is 18.9 Å². The summed E-state index contributed by atoms with van der Waals surface area (Å²) in [4.78, 5) is 4.33. The second-order valence-corrected chi connectivity index (χ2v) is 5.50. The van der Waals surface area contributed by atoms with Gasteiger partial charge in [0.05, 0.1) is 11.7 Å². The summed E-state index contributed by atoms with van der Waals surface area (Å²) in [5.41, 5.74) is 7.12. The van der Waals surface area contributed by atoms with E-state index in [9.17, 15) is 13.2 Å². The van der Waals surface area contributed by atoms with Gasteiger partial charge in [0, 0.05) is 5.92 Å². The fourth-order valence-electron chi connectivity index (χ4n) is 2.52. The minimum absolute atomic E-state index is 0.0376. The Hall–Kier alpha value is -2.70. The van der Waals surface area contributed by atoms with Crippen molar-refractivity contribution in [2.75, 3.05) is 5.32 Å². The molecule has 7 heteroatoms. The van der Waals surface area contributed by atoms with Crippen LogP contribution in [0.5, 0.6) is 5.75 Å². The maximum atomic E-state index is 12.4. The van der Waals surface area contributed by atoms with E-state index in [2.05, 4.69) is 15.0 Å². The molecule has 0 saturated heterocycles. The minimum Gasteiger partial charge on any atom is -0.404 e. The van der Waals surface area contributed by atoms with Crippen LogP contribution in [-0.2, 0) is 0 Å². The fourth-order valence-corrected chi connectivity index (χ4v) is 2.52. The van der Waals surface area contributed by atoms with Crippen LogP contribution in [-0.4, -0.2) is 18.4 Å². The van der Waals surface area contributed by atoms with Crippen molar-refractivity contribution < 1.29 is 17.9 Å². The number of hydrogen-bond acceptors (Lipinski definition) is 2. The van der Waals surface area contributed by atoms with E-state index >= 15 is 0 Å². The number of alkyl halides is 3. The number of nitrogens with two attached hydrogens (primary N) is 1. The molecule has 1 saturated carbocycles. The van der Waals surface area contributed by atoms with Gasteiger partial charge in [0.15, 0.2) is 11.7 Å². The van der Waals surface area contributed by atoms with E-state index in [1.807, 2.05) is 30.3 Å². The largest absolute Gasteiger partial charge is 0.573 e. The van der Waals surface area contributed by atoms with Crippen LogP contribution in [0.1, 0.15) is 17.9 Å². The Morgan fingerprint density at radius 3 is 2.46 bits per heavy atom. The normalized spacial score (nSPS) is 20.5. The standard InChI is InChI=1S/C17H16F3N3O/c18-17(19,20)24-15-9-5-4-8-13(15)22-16(21)23-14-10-12(14)11-6-2-1-3-7-11/h1-9,12,14H,10H2,(H3,21,22,23). The number of nitrogens with zero attached hydrogens (tertiary/aromatic N) is 1. The van der Waals surface area contributed by atoms with Crippen LogP contribution in [0, 0.1) is 0 Å². The first-order chi connectivity index (χ1) is 11.4. The molecule has 2 aromatic carbocycles. The van der Waals surface area contributed by atoms with E-state index in [-0.39, 0.29) is 23.4 Å². The van der Waals surface area contributed by atoms with Crippen molar-refractivity contribution in [3.63, 3.8) is 0 Å². The van der Waals surface area contributed by atoms with Gasteiger partial charge in [-0.25, -0.2) is 4.99 Å². The first-order valence-corrected chi connectivity index (χ1v) is 7.42. The number of aliphatic imine (C=N–C) groups is 1.